The molecule has 1 N–H and O–H groups in total. The number of rotatable bonds is 1. The average molecular weight is 199 g/mol. The molecule has 2 aliphatic rings. The molecular formula is C11H21NO2. The largest absolute Gasteiger partial charge is 0.378 e. The van der Waals surface area contributed by atoms with Gasteiger partial charge < -0.3 is 14.8 Å². The molecule has 0 aromatic rings. The lowest BCUT2D eigenvalue weighted by atomic mass is 9.99. The summed E-state index contributed by atoms with van der Waals surface area (Å²) in [7, 11) is 0. The van der Waals surface area contributed by atoms with Crippen LogP contribution < -0.4 is 5.32 Å². The fourth-order valence-electron chi connectivity index (χ4n) is 2.33. The number of nitrogens with one attached hydrogen (secondary N) is 1. The van der Waals surface area contributed by atoms with Gasteiger partial charge in [-0.05, 0) is 26.2 Å². The van der Waals surface area contributed by atoms with Crippen LogP contribution in [0.2, 0.25) is 0 Å². The van der Waals surface area contributed by atoms with Gasteiger partial charge in [-0.2, -0.15) is 0 Å². The van der Waals surface area contributed by atoms with Crippen LogP contribution in [0.3, 0.4) is 0 Å². The monoisotopic (exact) mass is 199 g/mol. The normalized spacial score (nSPS) is 49.5. The van der Waals surface area contributed by atoms with Gasteiger partial charge in [0.05, 0.1) is 31.5 Å². The molecule has 5 atom stereocenters. The van der Waals surface area contributed by atoms with Gasteiger partial charge in [-0.3, -0.25) is 0 Å². The molecule has 0 aromatic carbocycles. The van der Waals surface area contributed by atoms with Crippen LogP contribution in [0.1, 0.15) is 27.2 Å². The number of hydrogen-bond acceptors (Lipinski definition) is 3. The van der Waals surface area contributed by atoms with Gasteiger partial charge in [-0.1, -0.05) is 6.92 Å². The Balaban J connectivity index is 1.89. The van der Waals surface area contributed by atoms with E-state index in [0.29, 0.717) is 30.2 Å². The van der Waals surface area contributed by atoms with E-state index in [4.69, 9.17) is 9.47 Å². The first-order valence-corrected chi connectivity index (χ1v) is 5.66. The highest BCUT2D eigenvalue weighted by Crippen LogP contribution is 2.28. The quantitative estimate of drug-likeness (QED) is 0.688. The molecule has 3 nitrogen and oxygen atoms in total. The van der Waals surface area contributed by atoms with Gasteiger partial charge in [0.1, 0.15) is 0 Å². The standard InChI is InChI=1S/C11H21NO2/c1-7-4-11(14-9(7)3)10-6-13-5-8(2)12-10/h7-12H,4-6H2,1-3H3. The summed E-state index contributed by atoms with van der Waals surface area (Å²) in [5.74, 6) is 0.680. The van der Waals surface area contributed by atoms with E-state index < -0.39 is 0 Å². The second-order valence-electron chi connectivity index (χ2n) is 4.80. The van der Waals surface area contributed by atoms with Gasteiger partial charge in [0.2, 0.25) is 0 Å². The molecule has 82 valence electrons. The first-order chi connectivity index (χ1) is 6.66. The molecule has 2 saturated heterocycles. The fraction of sp³-hybridized carbons (Fsp3) is 1.00. The molecule has 5 unspecified atom stereocenters. The highest BCUT2D eigenvalue weighted by atomic mass is 16.5. The summed E-state index contributed by atoms with van der Waals surface area (Å²) in [5.41, 5.74) is 0. The van der Waals surface area contributed by atoms with E-state index in [9.17, 15) is 0 Å². The van der Waals surface area contributed by atoms with Crippen LogP contribution in [0.15, 0.2) is 0 Å². The lowest BCUT2D eigenvalue weighted by Gasteiger charge is -2.32. The minimum absolute atomic E-state index is 0.350. The van der Waals surface area contributed by atoms with Crippen LogP contribution in [-0.2, 0) is 9.47 Å². The van der Waals surface area contributed by atoms with E-state index in [1.54, 1.807) is 0 Å². The summed E-state index contributed by atoms with van der Waals surface area (Å²) < 4.78 is 11.5. The Morgan fingerprint density at radius 3 is 2.50 bits per heavy atom. The SMILES string of the molecule is CC1COCC(C2CC(C)C(C)O2)N1. The highest BCUT2D eigenvalue weighted by Gasteiger charge is 2.36. The zero-order chi connectivity index (χ0) is 10.1. The van der Waals surface area contributed by atoms with Gasteiger partial charge >= 0.3 is 0 Å². The van der Waals surface area contributed by atoms with Crippen molar-refractivity contribution in [3.05, 3.63) is 0 Å². The van der Waals surface area contributed by atoms with Crippen molar-refractivity contribution in [2.45, 2.75) is 51.5 Å². The molecule has 0 aliphatic carbocycles. The molecule has 0 amide bonds. The highest BCUT2D eigenvalue weighted by molar-refractivity contribution is 4.89. The topological polar surface area (TPSA) is 30.5 Å². The molecule has 3 heteroatoms. The van der Waals surface area contributed by atoms with E-state index in [1.165, 1.54) is 0 Å². The molecule has 2 aliphatic heterocycles. The third-order valence-electron chi connectivity index (χ3n) is 3.41. The van der Waals surface area contributed by atoms with Gasteiger partial charge in [0.25, 0.3) is 0 Å². The van der Waals surface area contributed by atoms with Crippen molar-refractivity contribution >= 4 is 0 Å². The molecular weight excluding hydrogens is 178 g/mol. The van der Waals surface area contributed by atoms with Crippen molar-refractivity contribution in [3.8, 4) is 0 Å². The molecule has 0 saturated carbocycles. The van der Waals surface area contributed by atoms with Gasteiger partial charge in [0.15, 0.2) is 0 Å². The summed E-state index contributed by atoms with van der Waals surface area (Å²) in [6.07, 6.45) is 1.91. The maximum atomic E-state index is 5.92. The van der Waals surface area contributed by atoms with Crippen LogP contribution in [0, 0.1) is 5.92 Å². The molecule has 14 heavy (non-hydrogen) atoms. The zero-order valence-electron chi connectivity index (χ0n) is 9.32. The molecule has 0 bridgehead atoms. The molecule has 0 radical (unpaired) electrons. The fourth-order valence-corrected chi connectivity index (χ4v) is 2.33. The Labute approximate surface area is 86.2 Å². The Kier molecular flexibility index (Phi) is 3.10. The van der Waals surface area contributed by atoms with Crippen molar-refractivity contribution in [1.82, 2.24) is 5.32 Å². The van der Waals surface area contributed by atoms with Crippen molar-refractivity contribution in [2.24, 2.45) is 5.92 Å². The third-order valence-corrected chi connectivity index (χ3v) is 3.41. The zero-order valence-corrected chi connectivity index (χ0v) is 9.32. The van der Waals surface area contributed by atoms with Crippen LogP contribution in [-0.4, -0.2) is 37.5 Å². The number of ether oxygens (including phenoxy) is 2. The second kappa shape index (κ2) is 4.17. The molecule has 2 rings (SSSR count). The first kappa shape index (κ1) is 10.4. The van der Waals surface area contributed by atoms with Crippen molar-refractivity contribution in [1.29, 1.82) is 0 Å². The van der Waals surface area contributed by atoms with Crippen LogP contribution in [0.4, 0.5) is 0 Å². The smallest absolute Gasteiger partial charge is 0.0757 e. The maximum absolute atomic E-state index is 5.92. The Morgan fingerprint density at radius 1 is 1.14 bits per heavy atom. The van der Waals surface area contributed by atoms with Crippen LogP contribution in [0.25, 0.3) is 0 Å². The van der Waals surface area contributed by atoms with E-state index in [2.05, 4.69) is 26.1 Å². The summed E-state index contributed by atoms with van der Waals surface area (Å²) in [4.78, 5) is 0. The number of morpholine rings is 1. The summed E-state index contributed by atoms with van der Waals surface area (Å²) >= 11 is 0. The molecule has 0 aromatic heterocycles. The van der Waals surface area contributed by atoms with Crippen molar-refractivity contribution < 1.29 is 9.47 Å². The predicted molar refractivity (Wildman–Crippen MR) is 55.3 cm³/mol. The van der Waals surface area contributed by atoms with E-state index in [-0.39, 0.29) is 0 Å². The average Bonchev–Trinajstić information content (AvgIpc) is 2.47. The van der Waals surface area contributed by atoms with Gasteiger partial charge in [-0.15, -0.1) is 0 Å². The molecule has 2 heterocycles. The van der Waals surface area contributed by atoms with Crippen LogP contribution in [0.5, 0.6) is 0 Å². The Hall–Kier alpha value is -0.120. The first-order valence-electron chi connectivity index (χ1n) is 5.66. The van der Waals surface area contributed by atoms with Crippen LogP contribution >= 0.6 is 0 Å². The van der Waals surface area contributed by atoms with E-state index in [1.807, 2.05) is 0 Å². The van der Waals surface area contributed by atoms with E-state index in [0.717, 1.165) is 19.6 Å². The lowest BCUT2D eigenvalue weighted by molar-refractivity contribution is -0.0304. The second-order valence-corrected chi connectivity index (χ2v) is 4.80. The Morgan fingerprint density at radius 2 is 1.93 bits per heavy atom. The predicted octanol–water partition coefficient (Wildman–Crippen LogP) is 1.18. The third kappa shape index (κ3) is 2.10. The van der Waals surface area contributed by atoms with Gasteiger partial charge in [-0.25, -0.2) is 0 Å². The molecule has 2 fully saturated rings. The van der Waals surface area contributed by atoms with Gasteiger partial charge in [0, 0.05) is 6.04 Å². The summed E-state index contributed by atoms with van der Waals surface area (Å²) in [6.45, 7) is 8.21. The van der Waals surface area contributed by atoms with Crippen molar-refractivity contribution in [3.63, 3.8) is 0 Å². The minimum Gasteiger partial charge on any atom is -0.378 e. The van der Waals surface area contributed by atoms with Crippen molar-refractivity contribution in [2.75, 3.05) is 13.2 Å². The number of hydrogen-bond donors (Lipinski definition) is 1. The minimum atomic E-state index is 0.350. The van der Waals surface area contributed by atoms with E-state index >= 15 is 0 Å². The maximum Gasteiger partial charge on any atom is 0.0757 e. The molecule has 0 spiro atoms. The lowest BCUT2D eigenvalue weighted by Crippen LogP contribution is -2.53. The Bertz CT molecular complexity index is 185. The summed E-state index contributed by atoms with van der Waals surface area (Å²) in [5, 5.41) is 3.55. The summed E-state index contributed by atoms with van der Waals surface area (Å²) in [6, 6.07) is 0.856.